The van der Waals surface area contributed by atoms with E-state index in [1.54, 1.807) is 18.0 Å². The summed E-state index contributed by atoms with van der Waals surface area (Å²) in [5.41, 5.74) is 3.75. The van der Waals surface area contributed by atoms with Gasteiger partial charge in [0.05, 0.1) is 23.7 Å². The fraction of sp³-hybridized carbons (Fsp3) is 0.0769. The summed E-state index contributed by atoms with van der Waals surface area (Å²) >= 11 is 0. The fourth-order valence-corrected chi connectivity index (χ4v) is 3.92. The lowest BCUT2D eigenvalue weighted by Crippen LogP contribution is -2.19. The Labute approximate surface area is 174 Å². The summed E-state index contributed by atoms with van der Waals surface area (Å²) < 4.78 is 6.87. The molecule has 0 atom stereocenters. The first kappa shape index (κ1) is 18.1. The van der Waals surface area contributed by atoms with Crippen molar-refractivity contribution in [1.82, 2.24) is 9.55 Å². The van der Waals surface area contributed by atoms with Crippen molar-refractivity contribution in [2.24, 2.45) is 0 Å². The third kappa shape index (κ3) is 3.12. The van der Waals surface area contributed by atoms with E-state index in [1.165, 1.54) is 0 Å². The molecule has 0 spiro atoms. The minimum atomic E-state index is -0.0621. The molecule has 5 rings (SSSR count). The Morgan fingerprint density at radius 1 is 0.833 bits per heavy atom. The molecule has 1 aromatic heterocycles. The second-order valence-corrected chi connectivity index (χ2v) is 7.26. The molecule has 146 valence electrons. The molecule has 4 nitrogen and oxygen atoms in total. The molecule has 0 amide bonds. The van der Waals surface area contributed by atoms with Crippen molar-refractivity contribution in [3.05, 3.63) is 113 Å². The number of ether oxygens (including phenoxy) is 1. The average Bonchev–Trinajstić information content (AvgIpc) is 2.81. The normalized spacial score (nSPS) is 11.1. The number of nitrogens with zero attached hydrogens (tertiary/aromatic N) is 2. The Bertz CT molecular complexity index is 1400. The number of benzene rings is 4. The first-order valence-electron chi connectivity index (χ1n) is 9.85. The summed E-state index contributed by atoms with van der Waals surface area (Å²) in [6, 6.07) is 27.8. The molecule has 4 aromatic carbocycles. The second kappa shape index (κ2) is 7.48. The highest BCUT2D eigenvalue weighted by Gasteiger charge is 2.13. The van der Waals surface area contributed by atoms with Crippen LogP contribution in [0.3, 0.4) is 0 Å². The highest BCUT2D eigenvalue weighted by Crippen LogP contribution is 2.28. The minimum Gasteiger partial charge on any atom is -0.497 e. The summed E-state index contributed by atoms with van der Waals surface area (Å²) in [6.45, 7) is 0. The first-order chi connectivity index (χ1) is 14.7. The number of methoxy groups -OCH3 is 1. The number of hydrogen-bond donors (Lipinski definition) is 0. The van der Waals surface area contributed by atoms with Crippen molar-refractivity contribution in [2.45, 2.75) is 6.42 Å². The van der Waals surface area contributed by atoms with Crippen LogP contribution >= 0.6 is 0 Å². The van der Waals surface area contributed by atoms with Gasteiger partial charge in [0.15, 0.2) is 0 Å². The molecule has 1 heterocycles. The molecule has 0 saturated heterocycles. The van der Waals surface area contributed by atoms with Crippen LogP contribution in [0.15, 0.2) is 96.1 Å². The van der Waals surface area contributed by atoms with E-state index in [9.17, 15) is 4.79 Å². The Hall–Kier alpha value is -3.92. The lowest BCUT2D eigenvalue weighted by atomic mass is 9.96. The summed E-state index contributed by atoms with van der Waals surface area (Å²) in [7, 11) is 1.66. The van der Waals surface area contributed by atoms with Crippen molar-refractivity contribution in [3.8, 4) is 11.4 Å². The van der Waals surface area contributed by atoms with Gasteiger partial charge in [-0.25, -0.2) is 4.98 Å². The minimum absolute atomic E-state index is 0.0621. The van der Waals surface area contributed by atoms with Crippen LogP contribution in [-0.4, -0.2) is 16.7 Å². The topological polar surface area (TPSA) is 44.1 Å². The Morgan fingerprint density at radius 2 is 1.53 bits per heavy atom. The van der Waals surface area contributed by atoms with Gasteiger partial charge >= 0.3 is 0 Å². The van der Waals surface area contributed by atoms with Crippen molar-refractivity contribution in [1.29, 1.82) is 0 Å². The van der Waals surface area contributed by atoms with Gasteiger partial charge in [-0.3, -0.25) is 9.36 Å². The zero-order chi connectivity index (χ0) is 20.5. The van der Waals surface area contributed by atoms with Crippen molar-refractivity contribution in [2.75, 3.05) is 7.11 Å². The summed E-state index contributed by atoms with van der Waals surface area (Å²) in [5, 5.41) is 2.74. The maximum atomic E-state index is 13.4. The number of rotatable bonds is 4. The van der Waals surface area contributed by atoms with E-state index in [4.69, 9.17) is 4.74 Å². The molecule has 0 N–H and O–H groups in total. The van der Waals surface area contributed by atoms with Crippen LogP contribution < -0.4 is 10.3 Å². The predicted molar refractivity (Wildman–Crippen MR) is 121 cm³/mol. The van der Waals surface area contributed by atoms with Gasteiger partial charge in [0.25, 0.3) is 5.56 Å². The lowest BCUT2D eigenvalue weighted by Gasteiger charge is -2.12. The van der Waals surface area contributed by atoms with E-state index in [0.717, 1.165) is 45.3 Å². The largest absolute Gasteiger partial charge is 0.497 e. The van der Waals surface area contributed by atoms with Crippen molar-refractivity contribution < 1.29 is 4.74 Å². The smallest absolute Gasteiger partial charge is 0.265 e. The monoisotopic (exact) mass is 392 g/mol. The molecule has 0 aliphatic rings. The van der Waals surface area contributed by atoms with E-state index < -0.39 is 0 Å². The van der Waals surface area contributed by atoms with Crippen LogP contribution in [0, 0.1) is 0 Å². The molecule has 0 saturated carbocycles. The number of aromatic nitrogens is 2. The van der Waals surface area contributed by atoms with Gasteiger partial charge in [0.1, 0.15) is 12.1 Å². The van der Waals surface area contributed by atoms with Gasteiger partial charge in [-0.05, 0) is 53.3 Å². The molecule has 0 bridgehead atoms. The molecule has 0 aliphatic heterocycles. The molecule has 0 aliphatic carbocycles. The molecule has 4 heteroatoms. The molecule has 0 unspecified atom stereocenters. The standard InChI is InChI=1S/C26H20N2O2/c1-30-21-13-11-18(12-14-21)15-19-16-24-25(23-10-6-5-9-22(19)23)27-17-28(26(24)29)20-7-3-2-4-8-20/h2-14,16-17H,15H2,1H3. The Balaban J connectivity index is 1.72. The van der Waals surface area contributed by atoms with E-state index >= 15 is 0 Å². The third-order valence-electron chi connectivity index (χ3n) is 5.44. The Kier molecular flexibility index (Phi) is 4.52. The van der Waals surface area contributed by atoms with Crippen molar-refractivity contribution in [3.63, 3.8) is 0 Å². The molecule has 5 aromatic rings. The van der Waals surface area contributed by atoms with E-state index in [0.29, 0.717) is 5.39 Å². The van der Waals surface area contributed by atoms with Gasteiger partial charge < -0.3 is 4.74 Å². The van der Waals surface area contributed by atoms with Crippen LogP contribution in [0.5, 0.6) is 5.75 Å². The van der Waals surface area contributed by atoms with Crippen LogP contribution in [0.4, 0.5) is 0 Å². The molecule has 0 fully saturated rings. The zero-order valence-electron chi connectivity index (χ0n) is 16.6. The maximum absolute atomic E-state index is 13.4. The van der Waals surface area contributed by atoms with Gasteiger partial charge in [-0.15, -0.1) is 0 Å². The summed E-state index contributed by atoms with van der Waals surface area (Å²) in [5.74, 6) is 0.831. The fourth-order valence-electron chi connectivity index (χ4n) is 3.92. The average molecular weight is 392 g/mol. The lowest BCUT2D eigenvalue weighted by molar-refractivity contribution is 0.414. The van der Waals surface area contributed by atoms with Gasteiger partial charge in [0.2, 0.25) is 0 Å². The second-order valence-electron chi connectivity index (χ2n) is 7.26. The van der Waals surface area contributed by atoms with Crippen LogP contribution in [0.2, 0.25) is 0 Å². The zero-order valence-corrected chi connectivity index (χ0v) is 16.6. The molecular weight excluding hydrogens is 372 g/mol. The molecule has 30 heavy (non-hydrogen) atoms. The summed E-state index contributed by atoms with van der Waals surface area (Å²) in [6.07, 6.45) is 2.34. The van der Waals surface area contributed by atoms with Crippen LogP contribution in [-0.2, 0) is 6.42 Å². The van der Waals surface area contributed by atoms with E-state index in [-0.39, 0.29) is 5.56 Å². The summed E-state index contributed by atoms with van der Waals surface area (Å²) in [4.78, 5) is 18.0. The quantitative estimate of drug-likeness (QED) is 0.398. The van der Waals surface area contributed by atoms with Crippen LogP contribution in [0.1, 0.15) is 11.1 Å². The number of para-hydroxylation sites is 1. The molecular formula is C26H20N2O2. The highest BCUT2D eigenvalue weighted by atomic mass is 16.5. The predicted octanol–water partition coefficient (Wildman–Crippen LogP) is 5.14. The van der Waals surface area contributed by atoms with E-state index in [2.05, 4.69) is 23.2 Å². The third-order valence-corrected chi connectivity index (χ3v) is 5.44. The number of fused-ring (bicyclic) bond motifs is 3. The van der Waals surface area contributed by atoms with Crippen LogP contribution in [0.25, 0.3) is 27.4 Å². The SMILES string of the molecule is COc1ccc(Cc2cc3c(=O)n(-c4ccccc4)cnc3c3ccccc23)cc1. The highest BCUT2D eigenvalue weighted by molar-refractivity contribution is 6.06. The van der Waals surface area contributed by atoms with Gasteiger partial charge in [-0.2, -0.15) is 0 Å². The molecule has 0 radical (unpaired) electrons. The van der Waals surface area contributed by atoms with Gasteiger partial charge in [0, 0.05) is 5.39 Å². The Morgan fingerprint density at radius 3 is 2.27 bits per heavy atom. The first-order valence-corrected chi connectivity index (χ1v) is 9.85. The van der Waals surface area contributed by atoms with E-state index in [1.807, 2.05) is 66.7 Å². The number of hydrogen-bond acceptors (Lipinski definition) is 3. The maximum Gasteiger partial charge on any atom is 0.265 e. The van der Waals surface area contributed by atoms with Crippen molar-refractivity contribution >= 4 is 21.7 Å². The van der Waals surface area contributed by atoms with Gasteiger partial charge in [-0.1, -0.05) is 54.6 Å².